The van der Waals surface area contributed by atoms with E-state index in [2.05, 4.69) is 0 Å². The van der Waals surface area contributed by atoms with Crippen molar-refractivity contribution in [3.05, 3.63) is 0 Å². The standard InChI is InChI=1S/C2H6N2S2.ClH/c1-5-6-2(3)4;/h1H3,(H3,3,4);1H. The Bertz CT molecular complexity index is 57.7. The van der Waals surface area contributed by atoms with Crippen molar-refractivity contribution in [1.82, 2.24) is 0 Å². The van der Waals surface area contributed by atoms with Gasteiger partial charge in [0, 0.05) is 0 Å². The second kappa shape index (κ2) is 6.46. The van der Waals surface area contributed by atoms with Gasteiger partial charge in [-0.15, -0.1) is 12.4 Å². The Balaban J connectivity index is 0. The molecule has 0 aromatic carbocycles. The lowest BCUT2D eigenvalue weighted by molar-refractivity contribution is 1.51. The van der Waals surface area contributed by atoms with Gasteiger partial charge in [-0.25, -0.2) is 0 Å². The zero-order chi connectivity index (χ0) is 4.99. The van der Waals surface area contributed by atoms with Crippen LogP contribution in [0.2, 0.25) is 0 Å². The summed E-state index contributed by atoms with van der Waals surface area (Å²) < 4.78 is 0. The van der Waals surface area contributed by atoms with Gasteiger partial charge < -0.3 is 5.73 Å². The van der Waals surface area contributed by atoms with Crippen molar-refractivity contribution >= 4 is 39.2 Å². The van der Waals surface area contributed by atoms with E-state index in [9.17, 15) is 0 Å². The van der Waals surface area contributed by atoms with Crippen molar-refractivity contribution in [3.63, 3.8) is 0 Å². The molecule has 0 aliphatic carbocycles. The molecule has 44 valence electrons. The fraction of sp³-hybridized carbons (Fsp3) is 0.500. The van der Waals surface area contributed by atoms with Crippen LogP contribution >= 0.6 is 34.0 Å². The Hall–Kier alpha value is 0.460. The molecule has 0 rings (SSSR count). The van der Waals surface area contributed by atoms with Crippen molar-refractivity contribution in [2.24, 2.45) is 5.73 Å². The molecule has 0 unspecified atom stereocenters. The van der Waals surface area contributed by atoms with E-state index >= 15 is 0 Å². The summed E-state index contributed by atoms with van der Waals surface area (Å²) >= 11 is 0. The molecule has 7 heavy (non-hydrogen) atoms. The number of nitrogens with two attached hydrogens (primary N) is 1. The lowest BCUT2D eigenvalue weighted by atomic mass is 11.4. The highest BCUT2D eigenvalue weighted by atomic mass is 35.5. The number of hydrogen-bond donors (Lipinski definition) is 2. The molecule has 0 aromatic heterocycles. The average Bonchev–Trinajstić information content (AvgIpc) is 1.35. The molecule has 0 spiro atoms. The maximum absolute atomic E-state index is 6.61. The normalized spacial score (nSPS) is 7.00. The number of hydrogen-bond acceptors (Lipinski definition) is 3. The summed E-state index contributed by atoms with van der Waals surface area (Å²) in [5, 5.41) is 6.78. The Kier molecular flexibility index (Phi) is 9.64. The van der Waals surface area contributed by atoms with Crippen LogP contribution < -0.4 is 5.73 Å². The van der Waals surface area contributed by atoms with Gasteiger partial charge in [-0.1, -0.05) is 10.8 Å². The van der Waals surface area contributed by atoms with Gasteiger partial charge in [-0.2, -0.15) is 0 Å². The maximum Gasteiger partial charge on any atom is 0.161 e. The van der Waals surface area contributed by atoms with Crippen molar-refractivity contribution in [3.8, 4) is 0 Å². The van der Waals surface area contributed by atoms with Gasteiger partial charge >= 0.3 is 0 Å². The lowest BCUT2D eigenvalue weighted by Gasteiger charge is -1.84. The Morgan fingerprint density at radius 2 is 2.14 bits per heavy atom. The first-order valence-corrected chi connectivity index (χ1v) is 3.88. The Morgan fingerprint density at radius 3 is 2.14 bits per heavy atom. The molecule has 0 atom stereocenters. The maximum atomic E-state index is 6.61. The van der Waals surface area contributed by atoms with Crippen LogP contribution in [-0.4, -0.2) is 11.4 Å². The summed E-state index contributed by atoms with van der Waals surface area (Å²) in [5.74, 6) is 0. The monoisotopic (exact) mass is 158 g/mol. The summed E-state index contributed by atoms with van der Waals surface area (Å²) in [6.45, 7) is 0. The first kappa shape index (κ1) is 10.4. The third-order valence-electron chi connectivity index (χ3n) is 0.173. The summed E-state index contributed by atoms with van der Waals surface area (Å²) in [6, 6.07) is 0. The third-order valence-corrected chi connectivity index (χ3v) is 1.56. The molecule has 0 radical (unpaired) electrons. The summed E-state index contributed by atoms with van der Waals surface area (Å²) in [5.41, 5.74) is 4.93. The Labute approximate surface area is 56.9 Å². The van der Waals surface area contributed by atoms with Crippen LogP contribution in [-0.2, 0) is 0 Å². The van der Waals surface area contributed by atoms with E-state index in [4.69, 9.17) is 11.1 Å². The predicted octanol–water partition coefficient (Wildman–Crippen LogP) is 1.31. The first-order valence-electron chi connectivity index (χ1n) is 1.32. The quantitative estimate of drug-likeness (QED) is 0.344. The van der Waals surface area contributed by atoms with Gasteiger partial charge in [-0.05, 0) is 17.0 Å². The van der Waals surface area contributed by atoms with Crippen molar-refractivity contribution < 1.29 is 0 Å². The third kappa shape index (κ3) is 10.7. The number of nitrogens with one attached hydrogen (secondary N) is 1. The second-order valence-corrected chi connectivity index (χ2v) is 3.05. The van der Waals surface area contributed by atoms with Crippen LogP contribution in [0.4, 0.5) is 0 Å². The highest BCUT2D eigenvalue weighted by Gasteiger charge is 1.80. The van der Waals surface area contributed by atoms with Crippen LogP contribution in [0.1, 0.15) is 0 Å². The molecule has 0 aliphatic heterocycles. The molecule has 0 saturated heterocycles. The largest absolute Gasteiger partial charge is 0.378 e. The molecule has 3 N–H and O–H groups in total. The zero-order valence-electron chi connectivity index (χ0n) is 3.80. The topological polar surface area (TPSA) is 49.9 Å². The van der Waals surface area contributed by atoms with Crippen molar-refractivity contribution in [1.29, 1.82) is 5.41 Å². The molecule has 0 saturated carbocycles. The van der Waals surface area contributed by atoms with Crippen molar-refractivity contribution in [2.45, 2.75) is 0 Å². The highest BCUT2D eigenvalue weighted by Crippen LogP contribution is 2.14. The van der Waals surface area contributed by atoms with Gasteiger partial charge in [0.2, 0.25) is 0 Å². The zero-order valence-corrected chi connectivity index (χ0v) is 6.25. The molecule has 0 bridgehead atoms. The van der Waals surface area contributed by atoms with Crippen LogP contribution in [0, 0.1) is 5.41 Å². The minimum absolute atomic E-state index is 0. The Morgan fingerprint density at radius 1 is 1.71 bits per heavy atom. The first-order chi connectivity index (χ1) is 2.77. The number of halogens is 1. The van der Waals surface area contributed by atoms with E-state index in [1.54, 1.807) is 0 Å². The van der Waals surface area contributed by atoms with Gasteiger partial charge in [0.1, 0.15) is 0 Å². The minimum Gasteiger partial charge on any atom is -0.378 e. The molecule has 0 amide bonds. The second-order valence-electron chi connectivity index (χ2n) is 0.614. The van der Waals surface area contributed by atoms with E-state index in [0.717, 1.165) is 0 Å². The molecule has 0 aromatic rings. The molecule has 0 aliphatic rings. The van der Waals surface area contributed by atoms with Crippen LogP contribution in [0.15, 0.2) is 0 Å². The highest BCUT2D eigenvalue weighted by molar-refractivity contribution is 8.82. The van der Waals surface area contributed by atoms with E-state index in [1.807, 2.05) is 6.26 Å². The van der Waals surface area contributed by atoms with Crippen LogP contribution in [0.25, 0.3) is 0 Å². The number of amidine groups is 1. The van der Waals surface area contributed by atoms with E-state index in [-0.39, 0.29) is 17.6 Å². The molecule has 2 nitrogen and oxygen atoms in total. The van der Waals surface area contributed by atoms with E-state index in [0.29, 0.717) is 0 Å². The number of rotatable bonds is 1. The fourth-order valence-corrected chi connectivity index (χ4v) is 0.808. The average molecular weight is 159 g/mol. The molecular formula is C2H7ClN2S2. The molecule has 5 heteroatoms. The predicted molar refractivity (Wildman–Crippen MR) is 40.3 cm³/mol. The lowest BCUT2D eigenvalue weighted by Crippen LogP contribution is -2.00. The van der Waals surface area contributed by atoms with Gasteiger partial charge in [-0.3, -0.25) is 5.41 Å². The fourth-order valence-electron chi connectivity index (χ4n) is 0.0898. The smallest absolute Gasteiger partial charge is 0.161 e. The van der Waals surface area contributed by atoms with Crippen LogP contribution in [0.5, 0.6) is 0 Å². The van der Waals surface area contributed by atoms with E-state index < -0.39 is 0 Å². The SMILES string of the molecule is CSSC(=N)N.Cl. The summed E-state index contributed by atoms with van der Waals surface area (Å²) in [7, 11) is 2.74. The van der Waals surface area contributed by atoms with E-state index in [1.165, 1.54) is 21.6 Å². The summed E-state index contributed by atoms with van der Waals surface area (Å²) in [4.78, 5) is 0. The van der Waals surface area contributed by atoms with Gasteiger partial charge in [0.15, 0.2) is 5.17 Å². The van der Waals surface area contributed by atoms with Gasteiger partial charge in [0.25, 0.3) is 0 Å². The van der Waals surface area contributed by atoms with Gasteiger partial charge in [0.05, 0.1) is 0 Å². The molecule has 0 fully saturated rings. The molecule has 0 heterocycles. The van der Waals surface area contributed by atoms with Crippen molar-refractivity contribution in [2.75, 3.05) is 6.26 Å². The summed E-state index contributed by atoms with van der Waals surface area (Å²) in [6.07, 6.45) is 1.88. The van der Waals surface area contributed by atoms with Crippen LogP contribution in [0.3, 0.4) is 0 Å². The minimum atomic E-state index is 0. The molecular weight excluding hydrogens is 152 g/mol.